The summed E-state index contributed by atoms with van der Waals surface area (Å²) in [4.78, 5) is 25.6. The summed E-state index contributed by atoms with van der Waals surface area (Å²) in [6.45, 7) is 1.45. The maximum absolute atomic E-state index is 13.0. The van der Waals surface area contributed by atoms with Crippen molar-refractivity contribution in [3.63, 3.8) is 0 Å². The molecule has 0 unspecified atom stereocenters. The number of fused-ring (bicyclic) bond motifs is 2. The number of rotatable bonds is 5. The average Bonchev–Trinajstić information content (AvgIpc) is 3.36. The number of carbonyl (C=O) groups excluding carboxylic acids is 1. The lowest BCUT2D eigenvalue weighted by Gasteiger charge is -2.32. The number of carbonyl (C=O) groups is 1. The number of benzene rings is 2. The van der Waals surface area contributed by atoms with Crippen LogP contribution in [0.5, 0.6) is 11.5 Å². The SMILES string of the molecule is Cn1c(=O)n(CCC(=O)NC2(c3ccc4c(c3)OCCO4)CCCC2)c2ccccc21. The van der Waals surface area contributed by atoms with E-state index in [4.69, 9.17) is 9.47 Å². The van der Waals surface area contributed by atoms with Gasteiger partial charge in [0.15, 0.2) is 11.5 Å². The monoisotopic (exact) mass is 421 g/mol. The van der Waals surface area contributed by atoms with Gasteiger partial charge in [0.25, 0.3) is 0 Å². The molecule has 0 bridgehead atoms. The van der Waals surface area contributed by atoms with Crippen molar-refractivity contribution in [1.29, 1.82) is 0 Å². The molecular formula is C24H27N3O4. The second-order valence-corrected chi connectivity index (χ2v) is 8.43. The minimum Gasteiger partial charge on any atom is -0.486 e. The number of amides is 1. The molecule has 0 atom stereocenters. The Morgan fingerprint density at radius 3 is 2.52 bits per heavy atom. The van der Waals surface area contributed by atoms with E-state index < -0.39 is 5.54 Å². The molecule has 31 heavy (non-hydrogen) atoms. The van der Waals surface area contributed by atoms with Crippen LogP contribution in [-0.4, -0.2) is 28.3 Å². The van der Waals surface area contributed by atoms with Gasteiger partial charge in [-0.15, -0.1) is 0 Å². The highest BCUT2D eigenvalue weighted by Gasteiger charge is 2.37. The molecule has 0 radical (unpaired) electrons. The van der Waals surface area contributed by atoms with Gasteiger partial charge in [0.1, 0.15) is 13.2 Å². The summed E-state index contributed by atoms with van der Waals surface area (Å²) in [5.41, 5.74) is 2.29. The van der Waals surface area contributed by atoms with Crippen LogP contribution in [0, 0.1) is 0 Å². The minimum absolute atomic E-state index is 0.0448. The van der Waals surface area contributed by atoms with Crippen LogP contribution in [0.1, 0.15) is 37.7 Å². The van der Waals surface area contributed by atoms with Gasteiger partial charge in [-0.2, -0.15) is 0 Å². The number of aromatic nitrogens is 2. The second kappa shape index (κ2) is 7.80. The van der Waals surface area contributed by atoms with Gasteiger partial charge in [0.2, 0.25) is 5.91 Å². The first-order chi connectivity index (χ1) is 15.1. The van der Waals surface area contributed by atoms with Crippen LogP contribution in [0.2, 0.25) is 0 Å². The van der Waals surface area contributed by atoms with Crippen LogP contribution < -0.4 is 20.5 Å². The largest absolute Gasteiger partial charge is 0.486 e. The highest BCUT2D eigenvalue weighted by molar-refractivity contribution is 5.78. The third-order valence-electron chi connectivity index (χ3n) is 6.54. The third kappa shape index (κ3) is 3.48. The molecule has 1 saturated carbocycles. The number of hydrogen-bond acceptors (Lipinski definition) is 4. The summed E-state index contributed by atoms with van der Waals surface area (Å²) in [5.74, 6) is 1.45. The Morgan fingerprint density at radius 1 is 1.03 bits per heavy atom. The fourth-order valence-electron chi connectivity index (χ4n) is 4.93. The summed E-state index contributed by atoms with van der Waals surface area (Å²) in [6, 6.07) is 13.6. The van der Waals surface area contributed by atoms with Crippen LogP contribution >= 0.6 is 0 Å². The molecule has 0 saturated heterocycles. The molecule has 1 amide bonds. The van der Waals surface area contributed by atoms with Gasteiger partial charge in [-0.3, -0.25) is 13.9 Å². The lowest BCUT2D eigenvalue weighted by Crippen LogP contribution is -2.44. The predicted octanol–water partition coefficient (Wildman–Crippen LogP) is 3.09. The van der Waals surface area contributed by atoms with Crippen molar-refractivity contribution in [2.45, 2.75) is 44.2 Å². The Hall–Kier alpha value is -3.22. The van der Waals surface area contributed by atoms with Crippen molar-refractivity contribution >= 4 is 16.9 Å². The molecule has 2 heterocycles. The topological polar surface area (TPSA) is 74.5 Å². The van der Waals surface area contributed by atoms with Crippen LogP contribution in [0.25, 0.3) is 11.0 Å². The van der Waals surface area contributed by atoms with E-state index in [2.05, 4.69) is 5.32 Å². The van der Waals surface area contributed by atoms with Crippen molar-refractivity contribution in [3.8, 4) is 11.5 Å². The average molecular weight is 421 g/mol. The molecule has 7 heteroatoms. The molecule has 0 spiro atoms. The molecule has 2 aliphatic rings. The van der Waals surface area contributed by atoms with Crippen molar-refractivity contribution < 1.29 is 14.3 Å². The number of hydrogen-bond donors (Lipinski definition) is 1. The lowest BCUT2D eigenvalue weighted by atomic mass is 9.87. The summed E-state index contributed by atoms with van der Waals surface area (Å²) in [5, 5.41) is 3.30. The van der Waals surface area contributed by atoms with E-state index >= 15 is 0 Å². The fourth-order valence-corrected chi connectivity index (χ4v) is 4.93. The zero-order valence-corrected chi connectivity index (χ0v) is 17.7. The summed E-state index contributed by atoms with van der Waals surface area (Å²) >= 11 is 0. The Balaban J connectivity index is 1.35. The lowest BCUT2D eigenvalue weighted by molar-refractivity contribution is -0.123. The summed E-state index contributed by atoms with van der Waals surface area (Å²) < 4.78 is 14.7. The van der Waals surface area contributed by atoms with Gasteiger partial charge in [-0.25, -0.2) is 4.79 Å². The smallest absolute Gasteiger partial charge is 0.328 e. The first-order valence-corrected chi connectivity index (χ1v) is 10.9. The number of para-hydroxylation sites is 2. The first-order valence-electron chi connectivity index (χ1n) is 10.9. The van der Waals surface area contributed by atoms with Crippen molar-refractivity contribution in [3.05, 3.63) is 58.5 Å². The maximum atomic E-state index is 13.0. The highest BCUT2D eigenvalue weighted by atomic mass is 16.6. The molecular weight excluding hydrogens is 394 g/mol. The fraction of sp³-hybridized carbons (Fsp3) is 0.417. The molecule has 2 aromatic carbocycles. The van der Waals surface area contributed by atoms with E-state index in [1.807, 2.05) is 42.5 Å². The standard InChI is InChI=1S/C24H27N3O4/c1-26-18-6-2-3-7-19(18)27(23(26)29)13-10-22(28)25-24(11-4-5-12-24)17-8-9-20-21(16-17)31-15-14-30-20/h2-3,6-9,16H,4-5,10-15H2,1H3,(H,25,28). The zero-order chi connectivity index (χ0) is 21.4. The Kier molecular flexibility index (Phi) is 4.96. The number of nitrogens with one attached hydrogen (secondary N) is 1. The van der Waals surface area contributed by atoms with E-state index in [9.17, 15) is 9.59 Å². The highest BCUT2D eigenvalue weighted by Crippen LogP contribution is 2.42. The van der Waals surface area contributed by atoms with Crippen molar-refractivity contribution in [1.82, 2.24) is 14.5 Å². The van der Waals surface area contributed by atoms with E-state index in [1.165, 1.54) is 0 Å². The van der Waals surface area contributed by atoms with Gasteiger partial charge < -0.3 is 14.8 Å². The first kappa shape index (κ1) is 19.7. The van der Waals surface area contributed by atoms with E-state index in [-0.39, 0.29) is 18.0 Å². The number of ether oxygens (including phenoxy) is 2. The van der Waals surface area contributed by atoms with Crippen LogP contribution in [0.15, 0.2) is 47.3 Å². The Bertz CT molecular complexity index is 1190. The van der Waals surface area contributed by atoms with E-state index in [0.29, 0.717) is 19.8 Å². The van der Waals surface area contributed by atoms with Gasteiger partial charge in [-0.1, -0.05) is 31.0 Å². The van der Waals surface area contributed by atoms with Crippen molar-refractivity contribution in [2.75, 3.05) is 13.2 Å². The minimum atomic E-state index is -0.392. The van der Waals surface area contributed by atoms with Crippen LogP contribution in [0.3, 0.4) is 0 Å². The molecule has 1 aliphatic heterocycles. The third-order valence-corrected chi connectivity index (χ3v) is 6.54. The molecule has 1 N–H and O–H groups in total. The van der Waals surface area contributed by atoms with E-state index in [0.717, 1.165) is 53.8 Å². The van der Waals surface area contributed by atoms with Crippen LogP contribution in [0.4, 0.5) is 0 Å². The molecule has 1 aliphatic carbocycles. The number of aryl methyl sites for hydroxylation is 2. The normalized spacial score (nSPS) is 17.1. The van der Waals surface area contributed by atoms with Crippen molar-refractivity contribution in [2.24, 2.45) is 7.05 Å². The molecule has 1 fully saturated rings. The number of imidazole rings is 1. The summed E-state index contributed by atoms with van der Waals surface area (Å²) in [6.07, 6.45) is 4.18. The molecule has 1 aromatic heterocycles. The van der Waals surface area contributed by atoms with E-state index in [1.54, 1.807) is 16.2 Å². The molecule has 5 rings (SSSR count). The van der Waals surface area contributed by atoms with Gasteiger partial charge in [0.05, 0.1) is 16.6 Å². The van der Waals surface area contributed by atoms with Gasteiger partial charge in [0, 0.05) is 20.0 Å². The van der Waals surface area contributed by atoms with Gasteiger partial charge >= 0.3 is 5.69 Å². The second-order valence-electron chi connectivity index (χ2n) is 8.43. The Morgan fingerprint density at radius 2 is 1.74 bits per heavy atom. The maximum Gasteiger partial charge on any atom is 0.328 e. The molecule has 3 aromatic rings. The predicted molar refractivity (Wildman–Crippen MR) is 118 cm³/mol. The quantitative estimate of drug-likeness (QED) is 0.687. The Labute approximate surface area is 180 Å². The molecule has 162 valence electrons. The summed E-state index contributed by atoms with van der Waals surface area (Å²) in [7, 11) is 1.76. The zero-order valence-electron chi connectivity index (χ0n) is 17.7. The van der Waals surface area contributed by atoms with Gasteiger partial charge in [-0.05, 0) is 42.7 Å². The molecule has 7 nitrogen and oxygen atoms in total. The van der Waals surface area contributed by atoms with Crippen LogP contribution in [-0.2, 0) is 23.9 Å². The number of nitrogens with zero attached hydrogens (tertiary/aromatic N) is 2.